The summed E-state index contributed by atoms with van der Waals surface area (Å²) in [5, 5.41) is 3.55. The van der Waals surface area contributed by atoms with E-state index in [2.05, 4.69) is 17.1 Å². The van der Waals surface area contributed by atoms with Crippen LogP contribution in [0.4, 0.5) is 11.4 Å². The monoisotopic (exact) mass is 477 g/mol. The number of nitrogens with zero attached hydrogens (tertiary/aromatic N) is 2. The third kappa shape index (κ3) is 6.03. The number of amides is 1. The Balaban J connectivity index is 1.67. The Labute approximate surface area is 196 Å². The number of sulfonamides is 1. The lowest BCUT2D eigenvalue weighted by atomic mass is 10.1. The Hall–Kier alpha value is -2.09. The van der Waals surface area contributed by atoms with Crippen LogP contribution in [-0.2, 0) is 14.8 Å². The van der Waals surface area contributed by atoms with Crippen LogP contribution >= 0.6 is 11.6 Å². The van der Waals surface area contributed by atoms with Crippen molar-refractivity contribution in [2.45, 2.75) is 50.8 Å². The number of carbonyl (C=O) groups excluding carboxylic acids is 1. The van der Waals surface area contributed by atoms with Crippen LogP contribution in [-0.4, -0.2) is 44.8 Å². The zero-order valence-electron chi connectivity index (χ0n) is 18.8. The van der Waals surface area contributed by atoms with Crippen LogP contribution in [0.1, 0.15) is 44.6 Å². The summed E-state index contributed by atoms with van der Waals surface area (Å²) in [5.74, 6) is -0.0230. The fourth-order valence-corrected chi connectivity index (χ4v) is 5.59. The van der Waals surface area contributed by atoms with E-state index in [4.69, 9.17) is 11.6 Å². The summed E-state index contributed by atoms with van der Waals surface area (Å²) in [7, 11) is -3.53. The first kappa shape index (κ1) is 24.6. The van der Waals surface area contributed by atoms with Crippen molar-refractivity contribution in [3.8, 4) is 0 Å². The summed E-state index contributed by atoms with van der Waals surface area (Å²) in [6.07, 6.45) is 4.65. The zero-order valence-corrected chi connectivity index (χ0v) is 20.4. The normalized spacial score (nSPS) is 15.0. The highest BCUT2D eigenvalue weighted by Gasteiger charge is 2.30. The first-order valence-corrected chi connectivity index (χ1v) is 13.0. The van der Waals surface area contributed by atoms with Gasteiger partial charge in [-0.2, -0.15) is 4.31 Å². The molecule has 1 fully saturated rings. The number of piperazine rings is 1. The van der Waals surface area contributed by atoms with E-state index in [9.17, 15) is 13.2 Å². The van der Waals surface area contributed by atoms with Gasteiger partial charge in [0.05, 0.1) is 21.3 Å². The molecular formula is C24H32ClN3O3S. The van der Waals surface area contributed by atoms with Crippen LogP contribution in [0, 0.1) is 6.92 Å². The second-order valence-corrected chi connectivity index (χ2v) is 10.5. The Bertz CT molecular complexity index is 1020. The molecular weight excluding hydrogens is 446 g/mol. The molecule has 1 aliphatic rings. The molecule has 0 aliphatic carbocycles. The van der Waals surface area contributed by atoms with E-state index in [1.54, 1.807) is 18.2 Å². The average Bonchev–Trinajstić information content (AvgIpc) is 2.77. The molecule has 2 aromatic carbocycles. The minimum atomic E-state index is -3.53. The quantitative estimate of drug-likeness (QED) is 0.512. The number of rotatable bonds is 9. The van der Waals surface area contributed by atoms with Crippen molar-refractivity contribution in [3.05, 3.63) is 53.1 Å². The second-order valence-electron chi connectivity index (χ2n) is 8.20. The average molecular weight is 478 g/mol. The Kier molecular flexibility index (Phi) is 8.57. The van der Waals surface area contributed by atoms with Gasteiger partial charge in [-0.1, -0.05) is 61.5 Å². The van der Waals surface area contributed by atoms with Crippen LogP contribution in [0.5, 0.6) is 0 Å². The third-order valence-electron chi connectivity index (χ3n) is 5.73. The fraction of sp³-hybridized carbons (Fsp3) is 0.458. The first-order valence-electron chi connectivity index (χ1n) is 11.2. The van der Waals surface area contributed by atoms with Gasteiger partial charge in [0.15, 0.2) is 0 Å². The topological polar surface area (TPSA) is 69.7 Å². The molecule has 0 spiro atoms. The number of para-hydroxylation sites is 1. The van der Waals surface area contributed by atoms with Gasteiger partial charge in [0, 0.05) is 32.6 Å². The number of hydrogen-bond acceptors (Lipinski definition) is 4. The molecule has 0 aromatic heterocycles. The summed E-state index contributed by atoms with van der Waals surface area (Å²) in [5.41, 5.74) is 2.45. The maximum absolute atomic E-state index is 13.0. The number of aryl methyl sites for hydroxylation is 1. The summed E-state index contributed by atoms with van der Waals surface area (Å²) in [6, 6.07) is 12.4. The van der Waals surface area contributed by atoms with Gasteiger partial charge in [0.2, 0.25) is 15.9 Å². The molecule has 32 heavy (non-hydrogen) atoms. The summed E-state index contributed by atoms with van der Waals surface area (Å²) in [4.78, 5) is 14.8. The number of hydrogen-bond donors (Lipinski definition) is 1. The van der Waals surface area contributed by atoms with Crippen molar-refractivity contribution >= 4 is 38.9 Å². The maximum atomic E-state index is 13.0. The van der Waals surface area contributed by atoms with Gasteiger partial charge in [-0.25, -0.2) is 8.42 Å². The van der Waals surface area contributed by atoms with Crippen molar-refractivity contribution in [2.75, 3.05) is 36.4 Å². The number of nitrogens with one attached hydrogen (secondary N) is 1. The van der Waals surface area contributed by atoms with Gasteiger partial charge < -0.3 is 10.2 Å². The van der Waals surface area contributed by atoms with Gasteiger partial charge in [-0.05, 0) is 37.6 Å². The predicted molar refractivity (Wildman–Crippen MR) is 131 cm³/mol. The number of carbonyl (C=O) groups is 1. The van der Waals surface area contributed by atoms with E-state index in [-0.39, 0.29) is 5.91 Å². The van der Waals surface area contributed by atoms with E-state index < -0.39 is 10.0 Å². The third-order valence-corrected chi connectivity index (χ3v) is 7.95. The number of unbranched alkanes of at least 4 members (excludes halogenated alkanes) is 3. The van der Waals surface area contributed by atoms with E-state index in [0.717, 1.165) is 36.9 Å². The molecule has 0 bridgehead atoms. The van der Waals surface area contributed by atoms with E-state index in [1.807, 2.05) is 31.2 Å². The van der Waals surface area contributed by atoms with Crippen molar-refractivity contribution in [3.63, 3.8) is 0 Å². The molecule has 8 heteroatoms. The molecule has 1 amide bonds. The summed E-state index contributed by atoms with van der Waals surface area (Å²) >= 11 is 6.50. The van der Waals surface area contributed by atoms with Gasteiger partial charge >= 0.3 is 0 Å². The maximum Gasteiger partial charge on any atom is 0.243 e. The lowest BCUT2D eigenvalue weighted by Gasteiger charge is -2.36. The fourth-order valence-electron chi connectivity index (χ4n) is 3.87. The minimum Gasteiger partial charge on any atom is -0.366 e. The lowest BCUT2D eigenvalue weighted by molar-refractivity contribution is -0.116. The Morgan fingerprint density at radius 2 is 1.69 bits per heavy atom. The largest absolute Gasteiger partial charge is 0.366 e. The molecule has 0 unspecified atom stereocenters. The highest BCUT2D eigenvalue weighted by molar-refractivity contribution is 7.89. The van der Waals surface area contributed by atoms with E-state index in [1.165, 1.54) is 4.31 Å². The van der Waals surface area contributed by atoms with Crippen LogP contribution in [0.15, 0.2) is 47.4 Å². The van der Waals surface area contributed by atoms with E-state index >= 15 is 0 Å². The number of benzene rings is 2. The highest BCUT2D eigenvalue weighted by atomic mass is 35.5. The smallest absolute Gasteiger partial charge is 0.243 e. The lowest BCUT2D eigenvalue weighted by Crippen LogP contribution is -2.49. The molecule has 0 saturated carbocycles. The number of anilines is 2. The standard InChI is InChI=1S/C24H32ClN3O3S/c1-3-4-5-6-10-23(29)26-22-9-7-8-21(25)24(22)27-15-17-28(18-16-27)32(30,31)20-13-11-19(2)12-14-20/h7-9,11-14H,3-6,10,15-18H2,1-2H3,(H,26,29). The van der Waals surface area contributed by atoms with Crippen LogP contribution in [0.3, 0.4) is 0 Å². The summed E-state index contributed by atoms with van der Waals surface area (Å²) < 4.78 is 27.5. The van der Waals surface area contributed by atoms with Crippen LogP contribution in [0.25, 0.3) is 0 Å². The minimum absolute atomic E-state index is 0.0230. The molecule has 0 radical (unpaired) electrons. The van der Waals surface area contributed by atoms with Gasteiger partial charge in [-0.3, -0.25) is 4.79 Å². The molecule has 2 aromatic rings. The Morgan fingerprint density at radius 1 is 1.00 bits per heavy atom. The van der Waals surface area contributed by atoms with Gasteiger partial charge in [-0.15, -0.1) is 0 Å². The van der Waals surface area contributed by atoms with Gasteiger partial charge in [0.25, 0.3) is 0 Å². The molecule has 1 N–H and O–H groups in total. The van der Waals surface area contributed by atoms with Crippen molar-refractivity contribution < 1.29 is 13.2 Å². The van der Waals surface area contributed by atoms with Crippen LogP contribution < -0.4 is 10.2 Å². The van der Waals surface area contributed by atoms with Gasteiger partial charge in [0.1, 0.15) is 0 Å². The number of halogens is 1. The molecule has 3 rings (SSSR count). The molecule has 174 valence electrons. The zero-order chi connectivity index (χ0) is 23.1. The SMILES string of the molecule is CCCCCCC(=O)Nc1cccc(Cl)c1N1CCN(S(=O)(=O)c2ccc(C)cc2)CC1. The predicted octanol–water partition coefficient (Wildman–Crippen LogP) is 5.07. The molecule has 1 saturated heterocycles. The molecule has 0 atom stereocenters. The molecule has 1 aliphatic heterocycles. The van der Waals surface area contributed by atoms with Crippen LogP contribution in [0.2, 0.25) is 5.02 Å². The Morgan fingerprint density at radius 3 is 2.34 bits per heavy atom. The molecule has 6 nitrogen and oxygen atoms in total. The van der Waals surface area contributed by atoms with Crippen molar-refractivity contribution in [1.82, 2.24) is 4.31 Å². The summed E-state index contributed by atoms with van der Waals surface area (Å²) in [6.45, 7) is 5.77. The van der Waals surface area contributed by atoms with Crippen molar-refractivity contribution in [1.29, 1.82) is 0 Å². The first-order chi connectivity index (χ1) is 15.3. The van der Waals surface area contributed by atoms with E-state index in [0.29, 0.717) is 48.2 Å². The highest BCUT2D eigenvalue weighted by Crippen LogP contribution is 2.35. The molecule has 1 heterocycles. The second kappa shape index (κ2) is 11.2. The van der Waals surface area contributed by atoms with Crippen molar-refractivity contribution in [2.24, 2.45) is 0 Å².